The highest BCUT2D eigenvalue weighted by molar-refractivity contribution is 5.80. The summed E-state index contributed by atoms with van der Waals surface area (Å²) < 4.78 is 30.7. The molecule has 1 aliphatic carbocycles. The van der Waals surface area contributed by atoms with Crippen molar-refractivity contribution in [2.24, 2.45) is 4.99 Å². The summed E-state index contributed by atoms with van der Waals surface area (Å²) in [7, 11) is 1.71. The molecule has 0 atom stereocenters. The topological polar surface area (TPSA) is 48.9 Å². The summed E-state index contributed by atoms with van der Waals surface area (Å²) in [6.07, 6.45) is 4.17. The zero-order valence-electron chi connectivity index (χ0n) is 18.3. The largest absolute Gasteiger partial charge is 0.497 e. The van der Waals surface area contributed by atoms with Gasteiger partial charge in [-0.05, 0) is 50.3 Å². The fraction of sp³-hybridized carbons (Fsp3) is 0.696. The van der Waals surface area contributed by atoms with Crippen molar-refractivity contribution in [3.8, 4) is 5.75 Å². The first-order valence-corrected chi connectivity index (χ1v) is 11.2. The maximum Gasteiger partial charge on any atom is 0.251 e. The highest BCUT2D eigenvalue weighted by atomic mass is 19.3. The van der Waals surface area contributed by atoms with Crippen molar-refractivity contribution in [1.29, 1.82) is 0 Å². The second kappa shape index (κ2) is 10.9. The Morgan fingerprint density at radius 1 is 1.27 bits per heavy atom. The number of benzene rings is 1. The molecule has 1 aromatic rings. The Bertz CT molecular complexity index is 684. The van der Waals surface area contributed by atoms with Gasteiger partial charge in [0.25, 0.3) is 6.43 Å². The van der Waals surface area contributed by atoms with Crippen molar-refractivity contribution in [3.05, 3.63) is 29.8 Å². The van der Waals surface area contributed by atoms with E-state index in [4.69, 9.17) is 9.73 Å². The van der Waals surface area contributed by atoms with Crippen molar-refractivity contribution in [2.75, 3.05) is 39.8 Å². The SMILES string of the molecule is CCNC(=NCC1(c2cccc(OC)c2)CCCC1)NC1CCN(CC(F)F)CC1. The predicted octanol–water partition coefficient (Wildman–Crippen LogP) is 3.79. The lowest BCUT2D eigenvalue weighted by Gasteiger charge is -2.33. The van der Waals surface area contributed by atoms with Gasteiger partial charge in [0.1, 0.15) is 5.75 Å². The van der Waals surface area contributed by atoms with Gasteiger partial charge >= 0.3 is 0 Å². The molecule has 3 rings (SSSR count). The summed E-state index contributed by atoms with van der Waals surface area (Å²) in [5.41, 5.74) is 1.36. The van der Waals surface area contributed by atoms with Crippen LogP contribution in [-0.4, -0.2) is 63.2 Å². The number of hydrogen-bond acceptors (Lipinski definition) is 3. The minimum absolute atomic E-state index is 0.0531. The van der Waals surface area contributed by atoms with Crippen LogP contribution in [-0.2, 0) is 5.41 Å². The molecule has 1 saturated carbocycles. The molecule has 0 bridgehead atoms. The van der Waals surface area contributed by atoms with Gasteiger partial charge in [-0.15, -0.1) is 0 Å². The number of rotatable bonds is 8. The second-order valence-corrected chi connectivity index (χ2v) is 8.52. The molecule has 0 aromatic heterocycles. The van der Waals surface area contributed by atoms with Crippen LogP contribution < -0.4 is 15.4 Å². The lowest BCUT2D eigenvalue weighted by molar-refractivity contribution is 0.0744. The van der Waals surface area contributed by atoms with Crippen LogP contribution >= 0.6 is 0 Å². The summed E-state index contributed by atoms with van der Waals surface area (Å²) in [5.74, 6) is 1.72. The van der Waals surface area contributed by atoms with E-state index in [-0.39, 0.29) is 18.0 Å². The number of methoxy groups -OCH3 is 1. The third-order valence-electron chi connectivity index (χ3n) is 6.45. The zero-order valence-corrected chi connectivity index (χ0v) is 18.3. The van der Waals surface area contributed by atoms with Crippen molar-refractivity contribution < 1.29 is 13.5 Å². The molecule has 0 unspecified atom stereocenters. The number of hydrogen-bond donors (Lipinski definition) is 2. The van der Waals surface area contributed by atoms with E-state index in [0.29, 0.717) is 13.1 Å². The number of ether oxygens (including phenoxy) is 1. The Kier molecular flexibility index (Phi) is 8.31. The third kappa shape index (κ3) is 6.06. The van der Waals surface area contributed by atoms with Crippen molar-refractivity contribution in [3.63, 3.8) is 0 Å². The summed E-state index contributed by atoms with van der Waals surface area (Å²) in [6, 6.07) is 8.67. The highest BCUT2D eigenvalue weighted by Crippen LogP contribution is 2.42. The molecular weight excluding hydrogens is 386 g/mol. The Morgan fingerprint density at radius 3 is 2.63 bits per heavy atom. The molecular formula is C23H36F2N4O. The maximum absolute atomic E-state index is 12.6. The number of likely N-dealkylation sites (tertiary alicyclic amines) is 1. The van der Waals surface area contributed by atoms with Gasteiger partial charge in [0, 0.05) is 31.1 Å². The smallest absolute Gasteiger partial charge is 0.251 e. The highest BCUT2D eigenvalue weighted by Gasteiger charge is 2.36. The van der Waals surface area contributed by atoms with Crippen LogP contribution in [0.25, 0.3) is 0 Å². The first kappa shape index (κ1) is 22.8. The van der Waals surface area contributed by atoms with Crippen molar-refractivity contribution in [1.82, 2.24) is 15.5 Å². The fourth-order valence-corrected chi connectivity index (χ4v) is 4.74. The van der Waals surface area contributed by atoms with Crippen molar-refractivity contribution >= 4 is 5.96 Å². The number of alkyl halides is 2. The third-order valence-corrected chi connectivity index (χ3v) is 6.45. The van der Waals surface area contributed by atoms with Crippen LogP contribution in [0.4, 0.5) is 8.78 Å². The summed E-state index contributed by atoms with van der Waals surface area (Å²) in [6.45, 7) is 4.88. The van der Waals surface area contributed by atoms with Crippen LogP contribution in [0.5, 0.6) is 5.75 Å². The first-order chi connectivity index (χ1) is 14.5. The lowest BCUT2D eigenvalue weighted by atomic mass is 9.79. The number of piperidine rings is 1. The normalized spacial score (nSPS) is 20.5. The standard InChI is InChI=1S/C23H36F2N4O/c1-3-26-22(28-19-9-13-29(14-10-19)16-21(24)25)27-17-23(11-4-5-12-23)18-7-6-8-20(15-18)30-2/h6-8,15,19,21H,3-5,9-14,16-17H2,1-2H3,(H2,26,27,28). The van der Waals surface area contributed by atoms with Gasteiger partial charge in [0.2, 0.25) is 0 Å². The van der Waals surface area contributed by atoms with Gasteiger partial charge in [-0.1, -0.05) is 25.0 Å². The molecule has 5 nitrogen and oxygen atoms in total. The molecule has 168 valence electrons. The average Bonchev–Trinajstić information content (AvgIpc) is 3.23. The van der Waals surface area contributed by atoms with Crippen molar-refractivity contribution in [2.45, 2.75) is 63.3 Å². The maximum atomic E-state index is 12.6. The van der Waals surface area contributed by atoms with Gasteiger partial charge in [-0.2, -0.15) is 0 Å². The summed E-state index contributed by atoms with van der Waals surface area (Å²) >= 11 is 0. The molecule has 7 heteroatoms. The van der Waals surface area contributed by atoms with Gasteiger partial charge in [-0.3, -0.25) is 9.89 Å². The Morgan fingerprint density at radius 2 is 2.00 bits per heavy atom. The molecule has 0 spiro atoms. The lowest BCUT2D eigenvalue weighted by Crippen LogP contribution is -2.49. The number of halogens is 2. The molecule has 1 saturated heterocycles. The van der Waals surface area contributed by atoms with E-state index < -0.39 is 6.43 Å². The number of nitrogens with zero attached hydrogens (tertiary/aromatic N) is 2. The Balaban J connectivity index is 1.65. The van der Waals surface area contributed by atoms with E-state index in [9.17, 15) is 8.78 Å². The molecule has 0 amide bonds. The van der Waals surface area contributed by atoms with E-state index in [1.54, 1.807) is 7.11 Å². The Hall–Kier alpha value is -1.89. The molecule has 2 aliphatic rings. The van der Waals surface area contributed by atoms with Crippen LogP contribution in [0.15, 0.2) is 29.3 Å². The quantitative estimate of drug-likeness (QED) is 0.494. The van der Waals surface area contributed by atoms with E-state index in [2.05, 4.69) is 35.8 Å². The monoisotopic (exact) mass is 422 g/mol. The summed E-state index contributed by atoms with van der Waals surface area (Å²) in [4.78, 5) is 6.83. The molecule has 1 aromatic carbocycles. The van der Waals surface area contributed by atoms with Gasteiger partial charge in [-0.25, -0.2) is 8.78 Å². The van der Waals surface area contributed by atoms with Gasteiger partial charge < -0.3 is 15.4 Å². The summed E-state index contributed by atoms with van der Waals surface area (Å²) in [5, 5.41) is 6.92. The minimum Gasteiger partial charge on any atom is -0.497 e. The molecule has 1 aliphatic heterocycles. The fourth-order valence-electron chi connectivity index (χ4n) is 4.74. The number of nitrogens with one attached hydrogen (secondary N) is 2. The number of aliphatic imine (C=N–C) groups is 1. The van der Waals surface area contributed by atoms with Gasteiger partial charge in [0.05, 0.1) is 20.2 Å². The zero-order chi connectivity index (χ0) is 21.4. The molecule has 2 N–H and O–H groups in total. The van der Waals surface area contributed by atoms with E-state index in [0.717, 1.165) is 50.5 Å². The van der Waals surface area contributed by atoms with E-state index >= 15 is 0 Å². The number of guanidine groups is 1. The van der Waals surface area contributed by atoms with E-state index in [1.807, 2.05) is 11.0 Å². The Labute approximate surface area is 179 Å². The predicted molar refractivity (Wildman–Crippen MR) is 118 cm³/mol. The van der Waals surface area contributed by atoms with Crippen LogP contribution in [0, 0.1) is 0 Å². The average molecular weight is 423 g/mol. The minimum atomic E-state index is -2.26. The second-order valence-electron chi connectivity index (χ2n) is 8.52. The molecule has 0 radical (unpaired) electrons. The molecule has 1 heterocycles. The van der Waals surface area contributed by atoms with Crippen LogP contribution in [0.3, 0.4) is 0 Å². The molecule has 30 heavy (non-hydrogen) atoms. The van der Waals surface area contributed by atoms with Crippen LogP contribution in [0.2, 0.25) is 0 Å². The molecule has 2 fully saturated rings. The first-order valence-electron chi connectivity index (χ1n) is 11.2. The van der Waals surface area contributed by atoms with E-state index in [1.165, 1.54) is 18.4 Å². The van der Waals surface area contributed by atoms with Crippen LogP contribution in [0.1, 0.15) is 51.0 Å². The van der Waals surface area contributed by atoms with Gasteiger partial charge in [0.15, 0.2) is 5.96 Å².